The summed E-state index contributed by atoms with van der Waals surface area (Å²) in [5, 5.41) is 0. The maximum absolute atomic E-state index is 13.3. The molecule has 0 spiro atoms. The number of hydrogen-bond donors (Lipinski definition) is 1. The van der Waals surface area contributed by atoms with Gasteiger partial charge < -0.3 is 15.2 Å². The highest BCUT2D eigenvalue weighted by molar-refractivity contribution is 5.22. The minimum Gasteiger partial charge on any atom is -0.383 e. The van der Waals surface area contributed by atoms with Crippen molar-refractivity contribution < 1.29 is 18.3 Å². The summed E-state index contributed by atoms with van der Waals surface area (Å²) in [7, 11) is 3.21. The van der Waals surface area contributed by atoms with Gasteiger partial charge in [0.15, 0.2) is 0 Å². The van der Waals surface area contributed by atoms with Crippen LogP contribution in [0.5, 0.6) is 0 Å². The fourth-order valence-corrected chi connectivity index (χ4v) is 2.10. The summed E-state index contributed by atoms with van der Waals surface area (Å²) in [6.45, 7) is 2.51. The number of nitrogens with two attached hydrogens (primary N) is 1. The van der Waals surface area contributed by atoms with Crippen LogP contribution in [-0.2, 0) is 9.47 Å². The van der Waals surface area contributed by atoms with E-state index in [1.165, 1.54) is 12.1 Å². The summed E-state index contributed by atoms with van der Waals surface area (Å²) in [6, 6.07) is 3.21. The van der Waals surface area contributed by atoms with Crippen LogP contribution in [-0.4, -0.2) is 52.0 Å². The molecule has 0 saturated carbocycles. The molecule has 0 aliphatic carbocycles. The third kappa shape index (κ3) is 5.13. The van der Waals surface area contributed by atoms with Crippen LogP contribution in [0.25, 0.3) is 0 Å². The normalized spacial score (nSPS) is 12.9. The highest BCUT2D eigenvalue weighted by Gasteiger charge is 2.20. The van der Waals surface area contributed by atoms with Crippen molar-refractivity contribution in [2.45, 2.75) is 6.04 Å². The molecule has 1 unspecified atom stereocenters. The summed E-state index contributed by atoms with van der Waals surface area (Å²) < 4.78 is 36.8. The summed E-state index contributed by atoms with van der Waals surface area (Å²) >= 11 is 0. The van der Waals surface area contributed by atoms with Crippen molar-refractivity contribution >= 4 is 0 Å². The van der Waals surface area contributed by atoms with Crippen molar-refractivity contribution in [3.05, 3.63) is 35.4 Å². The highest BCUT2D eigenvalue weighted by atomic mass is 19.1. The highest BCUT2D eigenvalue weighted by Crippen LogP contribution is 2.21. The topological polar surface area (TPSA) is 47.7 Å². The van der Waals surface area contributed by atoms with E-state index in [4.69, 9.17) is 15.2 Å². The minimum atomic E-state index is -0.600. The molecule has 6 heteroatoms. The van der Waals surface area contributed by atoms with E-state index in [2.05, 4.69) is 0 Å². The predicted molar refractivity (Wildman–Crippen MR) is 73.5 cm³/mol. The number of rotatable bonds is 9. The summed E-state index contributed by atoms with van der Waals surface area (Å²) in [4.78, 5) is 2.00. The fraction of sp³-hybridized carbons (Fsp3) is 0.571. The zero-order chi connectivity index (χ0) is 15.0. The number of methoxy groups -OCH3 is 2. The summed E-state index contributed by atoms with van der Waals surface area (Å²) in [5.74, 6) is -1.20. The van der Waals surface area contributed by atoms with Gasteiger partial charge in [0.2, 0.25) is 0 Å². The zero-order valence-electron chi connectivity index (χ0n) is 11.9. The maximum Gasteiger partial charge on any atom is 0.126 e. The van der Waals surface area contributed by atoms with E-state index in [9.17, 15) is 8.78 Å². The second kappa shape index (κ2) is 8.97. The first-order valence-corrected chi connectivity index (χ1v) is 6.50. The molecule has 1 aromatic carbocycles. The second-order valence-corrected chi connectivity index (χ2v) is 4.48. The first-order chi connectivity index (χ1) is 9.62. The van der Waals surface area contributed by atoms with Crippen molar-refractivity contribution in [2.24, 2.45) is 5.73 Å². The fourth-order valence-electron chi connectivity index (χ4n) is 2.10. The predicted octanol–water partition coefficient (Wildman–Crippen LogP) is 1.56. The molecule has 1 atom stereocenters. The molecule has 2 N–H and O–H groups in total. The molecule has 1 aromatic rings. The Morgan fingerprint density at radius 1 is 1.05 bits per heavy atom. The van der Waals surface area contributed by atoms with Crippen LogP contribution in [0.3, 0.4) is 0 Å². The molecule has 0 saturated heterocycles. The molecule has 114 valence electrons. The second-order valence-electron chi connectivity index (χ2n) is 4.48. The number of ether oxygens (including phenoxy) is 2. The molecular weight excluding hydrogens is 266 g/mol. The molecule has 0 fully saturated rings. The van der Waals surface area contributed by atoms with Gasteiger partial charge in [-0.15, -0.1) is 0 Å². The van der Waals surface area contributed by atoms with Crippen LogP contribution in [0.1, 0.15) is 11.6 Å². The third-order valence-corrected chi connectivity index (χ3v) is 3.10. The van der Waals surface area contributed by atoms with Crippen LogP contribution in [0, 0.1) is 11.6 Å². The number of halogens is 2. The van der Waals surface area contributed by atoms with Gasteiger partial charge in [-0.3, -0.25) is 4.90 Å². The van der Waals surface area contributed by atoms with Crippen LogP contribution < -0.4 is 5.73 Å². The third-order valence-electron chi connectivity index (χ3n) is 3.10. The lowest BCUT2D eigenvalue weighted by molar-refractivity contribution is 0.0889. The first-order valence-electron chi connectivity index (χ1n) is 6.50. The molecule has 0 bridgehead atoms. The number of hydrogen-bond acceptors (Lipinski definition) is 4. The van der Waals surface area contributed by atoms with Gasteiger partial charge in [-0.1, -0.05) is 0 Å². The zero-order valence-corrected chi connectivity index (χ0v) is 11.9. The largest absolute Gasteiger partial charge is 0.383 e. The van der Waals surface area contributed by atoms with Gasteiger partial charge in [0.05, 0.1) is 13.2 Å². The van der Waals surface area contributed by atoms with E-state index in [0.29, 0.717) is 31.9 Å². The van der Waals surface area contributed by atoms with Crippen LogP contribution in [0.15, 0.2) is 18.2 Å². The van der Waals surface area contributed by atoms with E-state index in [-0.39, 0.29) is 12.6 Å². The SMILES string of the molecule is COCCN(CCOC)C(CN)c1cc(F)cc(F)c1. The van der Waals surface area contributed by atoms with Gasteiger partial charge in [0, 0.05) is 46.0 Å². The Morgan fingerprint density at radius 2 is 1.55 bits per heavy atom. The van der Waals surface area contributed by atoms with Crippen molar-refractivity contribution in [3.63, 3.8) is 0 Å². The molecule has 0 heterocycles. The van der Waals surface area contributed by atoms with Gasteiger partial charge in [-0.25, -0.2) is 8.78 Å². The summed E-state index contributed by atoms with van der Waals surface area (Å²) in [5.41, 5.74) is 6.31. The Kier molecular flexibility index (Phi) is 7.61. The maximum atomic E-state index is 13.3. The Hall–Kier alpha value is -1.08. The lowest BCUT2D eigenvalue weighted by Gasteiger charge is -2.31. The average molecular weight is 288 g/mol. The van der Waals surface area contributed by atoms with Gasteiger partial charge in [0.1, 0.15) is 11.6 Å². The van der Waals surface area contributed by atoms with Crippen molar-refractivity contribution in [1.82, 2.24) is 4.90 Å². The van der Waals surface area contributed by atoms with Crippen LogP contribution >= 0.6 is 0 Å². The monoisotopic (exact) mass is 288 g/mol. The molecule has 0 aromatic heterocycles. The Balaban J connectivity index is 2.91. The standard InChI is InChI=1S/C14H22F2N2O2/c1-19-5-3-18(4-6-20-2)14(10-17)11-7-12(15)9-13(16)8-11/h7-9,14H,3-6,10,17H2,1-2H3. The van der Waals surface area contributed by atoms with E-state index in [1.807, 2.05) is 4.90 Å². The van der Waals surface area contributed by atoms with Gasteiger partial charge in [0.25, 0.3) is 0 Å². The minimum absolute atomic E-state index is 0.260. The summed E-state index contributed by atoms with van der Waals surface area (Å²) in [6.07, 6.45) is 0. The van der Waals surface area contributed by atoms with E-state index >= 15 is 0 Å². The smallest absolute Gasteiger partial charge is 0.126 e. The quantitative estimate of drug-likeness (QED) is 0.749. The lowest BCUT2D eigenvalue weighted by atomic mass is 10.0. The molecule has 0 aliphatic rings. The van der Waals surface area contributed by atoms with Crippen LogP contribution in [0.2, 0.25) is 0 Å². The Bertz CT molecular complexity index is 377. The van der Waals surface area contributed by atoms with Crippen molar-refractivity contribution in [3.8, 4) is 0 Å². The van der Waals surface area contributed by atoms with Crippen LogP contribution in [0.4, 0.5) is 8.78 Å². The molecule has 0 aliphatic heterocycles. The first kappa shape index (κ1) is 17.0. The van der Waals surface area contributed by atoms with E-state index in [0.717, 1.165) is 6.07 Å². The van der Waals surface area contributed by atoms with Gasteiger partial charge in [-0.05, 0) is 17.7 Å². The molecule has 20 heavy (non-hydrogen) atoms. The molecule has 0 radical (unpaired) electrons. The molecule has 0 amide bonds. The molecule has 1 rings (SSSR count). The molecule has 4 nitrogen and oxygen atoms in total. The van der Waals surface area contributed by atoms with Crippen molar-refractivity contribution in [1.29, 1.82) is 0 Å². The number of benzene rings is 1. The van der Waals surface area contributed by atoms with Gasteiger partial charge >= 0.3 is 0 Å². The van der Waals surface area contributed by atoms with E-state index < -0.39 is 11.6 Å². The van der Waals surface area contributed by atoms with Gasteiger partial charge in [-0.2, -0.15) is 0 Å². The Labute approximate surface area is 118 Å². The van der Waals surface area contributed by atoms with Crippen molar-refractivity contribution in [2.75, 3.05) is 47.1 Å². The molecular formula is C14H22F2N2O2. The lowest BCUT2D eigenvalue weighted by Crippen LogP contribution is -2.38. The Morgan fingerprint density at radius 3 is 1.95 bits per heavy atom. The average Bonchev–Trinajstić information content (AvgIpc) is 2.40. The number of nitrogens with zero attached hydrogens (tertiary/aromatic N) is 1. The van der Waals surface area contributed by atoms with E-state index in [1.54, 1.807) is 14.2 Å².